The van der Waals surface area contributed by atoms with Crippen LogP contribution in [0.3, 0.4) is 0 Å². The molecule has 1 aliphatic rings. The fourth-order valence-electron chi connectivity index (χ4n) is 3.00. The average molecular weight is 326 g/mol. The molecule has 0 saturated carbocycles. The molecule has 0 atom stereocenters. The van der Waals surface area contributed by atoms with E-state index in [9.17, 15) is 0 Å². The Kier molecular flexibility index (Phi) is 3.71. The number of piperazine rings is 1. The van der Waals surface area contributed by atoms with Crippen LogP contribution in [0.25, 0.3) is 21.9 Å². The van der Waals surface area contributed by atoms with Crippen molar-refractivity contribution in [3.63, 3.8) is 0 Å². The SMILES string of the molecule is CN1CC[N+](=c2nc3cc(Cl)ccc3nc3ccccc23)CC1. The number of hydrogen-bond donors (Lipinski definition) is 0. The summed E-state index contributed by atoms with van der Waals surface area (Å²) in [5, 5.41) is 1.77. The summed E-state index contributed by atoms with van der Waals surface area (Å²) in [5.74, 6) is 0. The van der Waals surface area contributed by atoms with Crippen molar-refractivity contribution in [3.05, 3.63) is 53.0 Å². The van der Waals surface area contributed by atoms with Gasteiger partial charge in [-0.3, -0.25) is 9.48 Å². The van der Waals surface area contributed by atoms with Gasteiger partial charge in [-0.2, -0.15) is 0 Å². The zero-order chi connectivity index (χ0) is 15.8. The highest BCUT2D eigenvalue weighted by Crippen LogP contribution is 2.16. The number of benzene rings is 2. The van der Waals surface area contributed by atoms with Crippen LogP contribution in [-0.2, 0) is 0 Å². The Hall–Kier alpha value is -2.04. The summed E-state index contributed by atoms with van der Waals surface area (Å²) in [7, 11) is 2.16. The lowest BCUT2D eigenvalue weighted by Crippen LogP contribution is -2.47. The molecule has 116 valence electrons. The molecule has 0 N–H and O–H groups in total. The van der Waals surface area contributed by atoms with Crippen LogP contribution in [0.4, 0.5) is 0 Å². The minimum Gasteiger partial charge on any atom is -0.299 e. The van der Waals surface area contributed by atoms with E-state index in [-0.39, 0.29) is 0 Å². The molecule has 2 heterocycles. The topological polar surface area (TPSA) is 32.0 Å². The molecule has 0 amide bonds. The molecular weight excluding hydrogens is 308 g/mol. The van der Waals surface area contributed by atoms with E-state index < -0.39 is 0 Å². The summed E-state index contributed by atoms with van der Waals surface area (Å²) in [4.78, 5) is 12.1. The van der Waals surface area contributed by atoms with E-state index >= 15 is 0 Å². The van der Waals surface area contributed by atoms with Crippen LogP contribution in [0, 0.1) is 0 Å². The maximum Gasteiger partial charge on any atom is 0.328 e. The van der Waals surface area contributed by atoms with Crippen molar-refractivity contribution in [3.8, 4) is 0 Å². The number of hydrogen-bond acceptors (Lipinski definition) is 3. The number of para-hydroxylation sites is 1. The van der Waals surface area contributed by atoms with Crippen LogP contribution in [0.1, 0.15) is 0 Å². The Morgan fingerprint density at radius 1 is 0.957 bits per heavy atom. The molecular formula is C18H18ClN4+. The van der Waals surface area contributed by atoms with Gasteiger partial charge in [0, 0.05) is 24.2 Å². The molecule has 5 heteroatoms. The molecule has 4 rings (SSSR count). The third kappa shape index (κ3) is 2.80. The molecule has 0 spiro atoms. The number of likely N-dealkylation sites (N-methyl/N-ethyl adjacent to an activating group) is 1. The summed E-state index contributed by atoms with van der Waals surface area (Å²) >= 11 is 6.16. The van der Waals surface area contributed by atoms with Crippen molar-refractivity contribution < 1.29 is 0 Å². The first-order valence-electron chi connectivity index (χ1n) is 7.83. The molecule has 0 bridgehead atoms. The Bertz CT molecular complexity index is 958. The third-order valence-corrected chi connectivity index (χ3v) is 4.59. The largest absolute Gasteiger partial charge is 0.328 e. The third-order valence-electron chi connectivity index (χ3n) is 4.35. The minimum atomic E-state index is 0.686. The fourth-order valence-corrected chi connectivity index (χ4v) is 3.17. The quantitative estimate of drug-likeness (QED) is 0.594. The minimum absolute atomic E-state index is 0.686. The smallest absolute Gasteiger partial charge is 0.299 e. The van der Waals surface area contributed by atoms with Crippen LogP contribution in [0.5, 0.6) is 0 Å². The Morgan fingerprint density at radius 2 is 1.74 bits per heavy atom. The zero-order valence-electron chi connectivity index (χ0n) is 13.0. The number of nitrogens with zero attached hydrogens (tertiary/aromatic N) is 4. The van der Waals surface area contributed by atoms with E-state index in [1.807, 2.05) is 36.4 Å². The maximum atomic E-state index is 6.16. The van der Waals surface area contributed by atoms with Gasteiger partial charge in [0.2, 0.25) is 5.52 Å². The van der Waals surface area contributed by atoms with Gasteiger partial charge in [-0.25, -0.2) is 4.98 Å². The van der Waals surface area contributed by atoms with E-state index in [2.05, 4.69) is 22.6 Å². The normalized spacial score (nSPS) is 16.2. The van der Waals surface area contributed by atoms with Crippen LogP contribution in [0.2, 0.25) is 5.02 Å². The maximum absolute atomic E-state index is 6.16. The highest BCUT2D eigenvalue weighted by atomic mass is 35.5. The van der Waals surface area contributed by atoms with Crippen LogP contribution >= 0.6 is 11.6 Å². The van der Waals surface area contributed by atoms with Gasteiger partial charge in [0.15, 0.2) is 0 Å². The standard InChI is InChI=1S/C18H18ClN4/c1-22-8-10-23(11-9-22)18-14-4-2-3-5-15(14)20-16-7-6-13(19)12-17(16)21-18/h2-7,12H,8-11H2,1H3/q+1. The van der Waals surface area contributed by atoms with Crippen molar-refractivity contribution in [1.29, 1.82) is 0 Å². The molecule has 4 nitrogen and oxygen atoms in total. The predicted molar refractivity (Wildman–Crippen MR) is 94.6 cm³/mol. The molecule has 0 aliphatic carbocycles. The van der Waals surface area contributed by atoms with Gasteiger partial charge < -0.3 is 0 Å². The molecule has 23 heavy (non-hydrogen) atoms. The number of rotatable bonds is 0. The second kappa shape index (κ2) is 5.87. The molecule has 3 aromatic rings. The number of aromatic nitrogens is 2. The first-order chi connectivity index (χ1) is 11.2. The molecule has 1 aromatic heterocycles. The van der Waals surface area contributed by atoms with Crippen LogP contribution in [0.15, 0.2) is 42.5 Å². The summed E-state index contributed by atoms with van der Waals surface area (Å²) in [6, 6.07) is 13.9. The van der Waals surface area contributed by atoms with Gasteiger partial charge in [-0.05, 0) is 36.3 Å². The molecule has 0 radical (unpaired) electrons. The van der Waals surface area contributed by atoms with Gasteiger partial charge in [0.05, 0.1) is 24.0 Å². The predicted octanol–water partition coefficient (Wildman–Crippen LogP) is 2.15. The lowest BCUT2D eigenvalue weighted by molar-refractivity contribution is 0.266. The number of halogens is 1. The van der Waals surface area contributed by atoms with Gasteiger partial charge in [-0.15, -0.1) is 0 Å². The second-order valence-corrected chi connectivity index (χ2v) is 6.42. The highest BCUT2D eigenvalue weighted by Gasteiger charge is 2.17. The first-order valence-corrected chi connectivity index (χ1v) is 8.21. The van der Waals surface area contributed by atoms with Crippen molar-refractivity contribution in [2.75, 3.05) is 33.2 Å². The lowest BCUT2D eigenvalue weighted by atomic mass is 10.2. The van der Waals surface area contributed by atoms with Crippen molar-refractivity contribution in [2.45, 2.75) is 0 Å². The molecule has 0 unspecified atom stereocenters. The van der Waals surface area contributed by atoms with E-state index in [1.54, 1.807) is 0 Å². The summed E-state index contributed by atoms with van der Waals surface area (Å²) in [6.07, 6.45) is 0. The fraction of sp³-hybridized carbons (Fsp3) is 0.278. The van der Waals surface area contributed by atoms with Crippen molar-refractivity contribution in [1.82, 2.24) is 19.4 Å². The molecule has 1 aliphatic heterocycles. The highest BCUT2D eigenvalue weighted by molar-refractivity contribution is 6.31. The summed E-state index contributed by atoms with van der Waals surface area (Å²) in [5.41, 5.74) is 3.67. The number of fused-ring (bicyclic) bond motifs is 2. The van der Waals surface area contributed by atoms with E-state index in [0.29, 0.717) is 5.02 Å². The average Bonchev–Trinajstić information content (AvgIpc) is 2.72. The second-order valence-electron chi connectivity index (χ2n) is 5.99. The van der Waals surface area contributed by atoms with Crippen LogP contribution in [-0.4, -0.2) is 48.1 Å². The molecule has 1 fully saturated rings. The Morgan fingerprint density at radius 3 is 2.57 bits per heavy atom. The van der Waals surface area contributed by atoms with Crippen molar-refractivity contribution in [2.24, 2.45) is 0 Å². The van der Waals surface area contributed by atoms with E-state index in [4.69, 9.17) is 21.6 Å². The van der Waals surface area contributed by atoms with Gasteiger partial charge in [-0.1, -0.05) is 23.7 Å². The summed E-state index contributed by atoms with van der Waals surface area (Å²) in [6.45, 7) is 4.03. The van der Waals surface area contributed by atoms with Gasteiger partial charge in [0.25, 0.3) is 0 Å². The zero-order valence-corrected chi connectivity index (χ0v) is 13.8. The molecule has 1 saturated heterocycles. The van der Waals surface area contributed by atoms with Crippen molar-refractivity contribution >= 4 is 33.5 Å². The monoisotopic (exact) mass is 325 g/mol. The Balaban J connectivity index is 2.13. The summed E-state index contributed by atoms with van der Waals surface area (Å²) < 4.78 is 2.35. The molecule has 2 aromatic carbocycles. The van der Waals surface area contributed by atoms with E-state index in [1.165, 1.54) is 0 Å². The first kappa shape index (κ1) is 14.5. The van der Waals surface area contributed by atoms with Gasteiger partial charge >= 0.3 is 5.49 Å². The lowest BCUT2D eigenvalue weighted by Gasteiger charge is -2.22. The Labute approximate surface area is 139 Å². The van der Waals surface area contributed by atoms with Crippen LogP contribution < -0.4 is 10.1 Å². The van der Waals surface area contributed by atoms with Gasteiger partial charge in [0.1, 0.15) is 5.52 Å². The van der Waals surface area contributed by atoms with E-state index in [0.717, 1.165) is 53.6 Å².